The average Bonchev–Trinajstić information content (AvgIpc) is 3.37. The summed E-state index contributed by atoms with van der Waals surface area (Å²) >= 11 is 0. The van der Waals surface area contributed by atoms with Crippen molar-refractivity contribution in [3.05, 3.63) is 70.9 Å². The van der Waals surface area contributed by atoms with Gasteiger partial charge in [0.15, 0.2) is 0 Å². The first kappa shape index (κ1) is 18.0. The number of H-pyrrole nitrogens is 1. The molecule has 0 aliphatic carbocycles. The number of fused-ring (bicyclic) bond motifs is 1. The smallest absolute Gasteiger partial charge is 0.0713 e. The number of piperidine rings is 1. The number of nitrogens with one attached hydrogen (secondary N) is 1. The first-order valence-electron chi connectivity index (χ1n) is 10.6. The van der Waals surface area contributed by atoms with Crippen LogP contribution in [0.25, 0.3) is 10.9 Å². The minimum atomic E-state index is 0.0999. The molecule has 3 nitrogen and oxygen atoms in total. The minimum Gasteiger partial charge on any atom is -0.375 e. The van der Waals surface area contributed by atoms with Crippen LogP contribution in [0.3, 0.4) is 0 Å². The van der Waals surface area contributed by atoms with Gasteiger partial charge in [-0.25, -0.2) is 0 Å². The van der Waals surface area contributed by atoms with Crippen molar-refractivity contribution in [3.8, 4) is 0 Å². The fourth-order valence-corrected chi connectivity index (χ4v) is 5.45. The zero-order valence-electron chi connectivity index (χ0n) is 17.0. The van der Waals surface area contributed by atoms with E-state index in [4.69, 9.17) is 4.74 Å². The van der Waals surface area contributed by atoms with Crippen LogP contribution in [-0.4, -0.2) is 28.6 Å². The molecule has 2 fully saturated rings. The molecule has 2 atom stereocenters. The Bertz CT molecular complexity index is 969. The van der Waals surface area contributed by atoms with Crippen molar-refractivity contribution in [2.24, 2.45) is 0 Å². The molecule has 0 unspecified atom stereocenters. The number of likely N-dealkylation sites (tertiary alicyclic amines) is 1. The molecule has 2 aliphatic rings. The van der Waals surface area contributed by atoms with E-state index in [1.165, 1.54) is 46.0 Å². The summed E-state index contributed by atoms with van der Waals surface area (Å²) in [6.45, 7) is 7.49. The topological polar surface area (TPSA) is 28.3 Å². The first-order chi connectivity index (χ1) is 13.7. The lowest BCUT2D eigenvalue weighted by Crippen LogP contribution is -2.45. The lowest BCUT2D eigenvalue weighted by Gasteiger charge is -2.45. The molecule has 3 heteroatoms. The molecule has 2 aromatic carbocycles. The molecule has 1 N–H and O–H groups in total. The maximum Gasteiger partial charge on any atom is 0.0713 e. The predicted molar refractivity (Wildman–Crippen MR) is 115 cm³/mol. The van der Waals surface area contributed by atoms with Gasteiger partial charge in [-0.1, -0.05) is 36.4 Å². The monoisotopic (exact) mass is 374 g/mol. The van der Waals surface area contributed by atoms with Gasteiger partial charge in [0, 0.05) is 42.8 Å². The van der Waals surface area contributed by atoms with Gasteiger partial charge in [-0.15, -0.1) is 0 Å². The summed E-state index contributed by atoms with van der Waals surface area (Å²) in [5, 5.41) is 1.38. The summed E-state index contributed by atoms with van der Waals surface area (Å²) in [6, 6.07) is 16.0. The number of hydrogen-bond acceptors (Lipinski definition) is 2. The summed E-state index contributed by atoms with van der Waals surface area (Å²) in [4.78, 5) is 6.12. The Morgan fingerprint density at radius 2 is 1.96 bits per heavy atom. The highest BCUT2D eigenvalue weighted by Gasteiger charge is 2.43. The third-order valence-corrected chi connectivity index (χ3v) is 6.97. The molecule has 1 aromatic heterocycles. The van der Waals surface area contributed by atoms with Gasteiger partial charge >= 0.3 is 0 Å². The molecule has 3 heterocycles. The highest BCUT2D eigenvalue weighted by atomic mass is 16.5. The van der Waals surface area contributed by atoms with Crippen molar-refractivity contribution in [3.63, 3.8) is 0 Å². The summed E-state index contributed by atoms with van der Waals surface area (Å²) in [5.41, 5.74) is 7.00. The molecular formula is C25H30N2O. The van der Waals surface area contributed by atoms with Crippen LogP contribution in [0, 0.1) is 13.8 Å². The number of nitrogens with zero attached hydrogens (tertiary/aromatic N) is 1. The third kappa shape index (κ3) is 3.07. The van der Waals surface area contributed by atoms with Crippen LogP contribution in [0.2, 0.25) is 0 Å². The summed E-state index contributed by atoms with van der Waals surface area (Å²) in [6.07, 6.45) is 6.76. The van der Waals surface area contributed by atoms with Gasteiger partial charge < -0.3 is 9.72 Å². The van der Waals surface area contributed by atoms with Crippen molar-refractivity contribution in [1.82, 2.24) is 9.88 Å². The molecular weight excluding hydrogens is 344 g/mol. The van der Waals surface area contributed by atoms with Gasteiger partial charge in [-0.05, 0) is 67.9 Å². The Hall–Kier alpha value is -2.10. The lowest BCUT2D eigenvalue weighted by atomic mass is 9.81. The van der Waals surface area contributed by atoms with Crippen molar-refractivity contribution < 1.29 is 4.74 Å². The van der Waals surface area contributed by atoms with E-state index in [2.05, 4.69) is 72.4 Å². The normalized spacial score (nSPS) is 25.7. The van der Waals surface area contributed by atoms with E-state index in [1.807, 2.05) is 0 Å². The van der Waals surface area contributed by atoms with E-state index in [9.17, 15) is 0 Å². The van der Waals surface area contributed by atoms with E-state index >= 15 is 0 Å². The predicted octanol–water partition coefficient (Wildman–Crippen LogP) is 5.67. The van der Waals surface area contributed by atoms with Crippen molar-refractivity contribution in [2.45, 2.75) is 57.7 Å². The SMILES string of the molecule is Cc1cc(C)c2[nH]ccc2c1CN1CC[C@]2(CCCO2)C[C@H]1c1ccccc1. The Kier molecular flexibility index (Phi) is 4.53. The molecule has 146 valence electrons. The molecule has 28 heavy (non-hydrogen) atoms. The van der Waals surface area contributed by atoms with Gasteiger partial charge in [0.1, 0.15) is 0 Å². The molecule has 2 saturated heterocycles. The fourth-order valence-electron chi connectivity index (χ4n) is 5.45. The van der Waals surface area contributed by atoms with Gasteiger partial charge in [0.2, 0.25) is 0 Å². The van der Waals surface area contributed by atoms with Gasteiger partial charge in [0.05, 0.1) is 5.60 Å². The standard InChI is InChI=1S/C25H30N2O/c1-18-15-19(2)24-21(9-12-26-24)22(18)17-27-13-11-25(10-6-14-28-25)16-23(27)20-7-4-3-5-8-20/h3-5,7-9,12,15,23,26H,6,10-11,13-14,16-17H2,1-2H3/t23-,25+/m0/s1. The van der Waals surface area contributed by atoms with Crippen LogP contribution in [-0.2, 0) is 11.3 Å². The second kappa shape index (κ2) is 7.06. The number of aromatic amines is 1. The quantitative estimate of drug-likeness (QED) is 0.640. The van der Waals surface area contributed by atoms with Crippen LogP contribution in [0.4, 0.5) is 0 Å². The highest BCUT2D eigenvalue weighted by molar-refractivity contribution is 5.86. The molecule has 0 bridgehead atoms. The fraction of sp³-hybridized carbons (Fsp3) is 0.440. The number of hydrogen-bond donors (Lipinski definition) is 1. The van der Waals surface area contributed by atoms with Crippen molar-refractivity contribution in [2.75, 3.05) is 13.2 Å². The Morgan fingerprint density at radius 3 is 2.75 bits per heavy atom. The maximum atomic E-state index is 6.30. The number of benzene rings is 2. The second-order valence-corrected chi connectivity index (χ2v) is 8.74. The van der Waals surface area contributed by atoms with Crippen LogP contribution in [0.5, 0.6) is 0 Å². The zero-order valence-corrected chi connectivity index (χ0v) is 17.0. The summed E-state index contributed by atoms with van der Waals surface area (Å²) < 4.78 is 6.30. The van der Waals surface area contributed by atoms with Crippen LogP contribution < -0.4 is 0 Å². The van der Waals surface area contributed by atoms with Crippen molar-refractivity contribution in [1.29, 1.82) is 0 Å². The number of ether oxygens (including phenoxy) is 1. The number of aryl methyl sites for hydroxylation is 2. The molecule has 2 aliphatic heterocycles. The Balaban J connectivity index is 1.51. The average molecular weight is 375 g/mol. The molecule has 0 saturated carbocycles. The Labute approximate surface area is 167 Å². The van der Waals surface area contributed by atoms with E-state index in [0.29, 0.717) is 6.04 Å². The maximum absolute atomic E-state index is 6.30. The number of aromatic nitrogens is 1. The molecule has 1 spiro atoms. The second-order valence-electron chi connectivity index (χ2n) is 8.74. The molecule has 5 rings (SSSR count). The molecule has 3 aromatic rings. The van der Waals surface area contributed by atoms with Gasteiger partial charge in [-0.2, -0.15) is 0 Å². The van der Waals surface area contributed by atoms with Crippen molar-refractivity contribution >= 4 is 10.9 Å². The number of rotatable bonds is 3. The Morgan fingerprint density at radius 1 is 1.11 bits per heavy atom. The largest absolute Gasteiger partial charge is 0.375 e. The van der Waals surface area contributed by atoms with Gasteiger partial charge in [0.25, 0.3) is 0 Å². The zero-order chi connectivity index (χ0) is 19.1. The first-order valence-corrected chi connectivity index (χ1v) is 10.6. The third-order valence-electron chi connectivity index (χ3n) is 6.97. The lowest BCUT2D eigenvalue weighted by molar-refractivity contribution is -0.0675. The highest BCUT2D eigenvalue weighted by Crippen LogP contribution is 2.44. The molecule has 0 radical (unpaired) electrons. The minimum absolute atomic E-state index is 0.0999. The van der Waals surface area contributed by atoms with E-state index in [0.717, 1.165) is 32.5 Å². The van der Waals surface area contributed by atoms with Crippen LogP contribution in [0.1, 0.15) is 54.0 Å². The van der Waals surface area contributed by atoms with Crippen LogP contribution in [0.15, 0.2) is 48.7 Å². The van der Waals surface area contributed by atoms with Gasteiger partial charge in [-0.3, -0.25) is 4.90 Å². The van der Waals surface area contributed by atoms with Crippen LogP contribution >= 0.6 is 0 Å². The molecule has 0 amide bonds. The summed E-state index contributed by atoms with van der Waals surface area (Å²) in [5.74, 6) is 0. The van der Waals surface area contributed by atoms with E-state index in [1.54, 1.807) is 0 Å². The van der Waals surface area contributed by atoms with E-state index in [-0.39, 0.29) is 5.60 Å². The van der Waals surface area contributed by atoms with E-state index < -0.39 is 0 Å². The summed E-state index contributed by atoms with van der Waals surface area (Å²) in [7, 11) is 0.